The van der Waals surface area contributed by atoms with Crippen LogP contribution in [0.15, 0.2) is 36.4 Å². The molecule has 162 valence electrons. The van der Waals surface area contributed by atoms with Crippen molar-refractivity contribution in [2.24, 2.45) is 0 Å². The first-order chi connectivity index (χ1) is 15.0. The van der Waals surface area contributed by atoms with E-state index in [0.29, 0.717) is 31.0 Å². The van der Waals surface area contributed by atoms with E-state index < -0.39 is 0 Å². The second-order valence-corrected chi connectivity index (χ2v) is 8.94. The molecule has 1 spiro atoms. The zero-order chi connectivity index (χ0) is 21.6. The predicted octanol–water partition coefficient (Wildman–Crippen LogP) is 4.45. The Morgan fingerprint density at radius 3 is 2.48 bits per heavy atom. The first kappa shape index (κ1) is 19.9. The smallest absolute Gasteiger partial charge is 0.254 e. The first-order valence-corrected chi connectivity index (χ1v) is 11.1. The van der Waals surface area contributed by atoms with Gasteiger partial charge in [-0.1, -0.05) is 18.9 Å². The van der Waals surface area contributed by atoms with E-state index in [0.717, 1.165) is 29.9 Å². The zero-order valence-electron chi connectivity index (χ0n) is 18.1. The Kier molecular flexibility index (Phi) is 4.88. The van der Waals surface area contributed by atoms with Crippen LogP contribution in [0.25, 0.3) is 0 Å². The van der Waals surface area contributed by atoms with E-state index in [9.17, 15) is 9.59 Å². The van der Waals surface area contributed by atoms with Crippen LogP contribution in [0.5, 0.6) is 11.5 Å². The van der Waals surface area contributed by atoms with E-state index in [1.807, 2.05) is 17.0 Å². The monoisotopic (exact) mass is 420 g/mol. The lowest BCUT2D eigenvalue weighted by molar-refractivity contribution is -0.114. The number of ether oxygens (including phenoxy) is 2. The maximum atomic E-state index is 13.6. The molecule has 2 aromatic carbocycles. The molecule has 1 atom stereocenters. The minimum atomic E-state index is -0.151. The molecule has 0 radical (unpaired) electrons. The predicted molar refractivity (Wildman–Crippen MR) is 118 cm³/mol. The molecule has 0 saturated heterocycles. The van der Waals surface area contributed by atoms with Gasteiger partial charge < -0.3 is 19.7 Å². The largest absolute Gasteiger partial charge is 0.486 e. The highest BCUT2D eigenvalue weighted by atomic mass is 16.6. The molecule has 1 fully saturated rings. The summed E-state index contributed by atoms with van der Waals surface area (Å²) in [4.78, 5) is 27.1. The molecule has 1 N–H and O–H groups in total. The van der Waals surface area contributed by atoms with Crippen molar-refractivity contribution in [1.82, 2.24) is 4.90 Å². The van der Waals surface area contributed by atoms with Crippen LogP contribution >= 0.6 is 0 Å². The SMILES string of the molecule is CC(=O)Nc1cccc(C(=O)N2CC3(CCCC3)c3cc4c(cc3[C@@H]2C)OCCO4)c1. The first-order valence-electron chi connectivity index (χ1n) is 11.1. The summed E-state index contributed by atoms with van der Waals surface area (Å²) < 4.78 is 11.7. The number of anilines is 1. The molecule has 2 amide bonds. The fraction of sp³-hybridized carbons (Fsp3) is 0.440. The lowest BCUT2D eigenvalue weighted by Crippen LogP contribution is -2.48. The highest BCUT2D eigenvalue weighted by Gasteiger charge is 2.46. The van der Waals surface area contributed by atoms with Gasteiger partial charge in [0.1, 0.15) is 13.2 Å². The van der Waals surface area contributed by atoms with Crippen molar-refractivity contribution in [3.63, 3.8) is 0 Å². The van der Waals surface area contributed by atoms with Crippen molar-refractivity contribution in [2.45, 2.75) is 51.0 Å². The molecule has 3 aliphatic rings. The standard InChI is InChI=1S/C25H28N2O4/c1-16-20-13-22-23(31-11-10-30-22)14-21(20)25(8-3-4-9-25)15-27(16)24(29)18-6-5-7-19(12-18)26-17(2)28/h5-7,12-14,16H,3-4,8-11,15H2,1-2H3,(H,26,28)/t16-/m0/s1. The molecule has 2 heterocycles. The van der Waals surface area contributed by atoms with Gasteiger partial charge in [-0.05, 0) is 61.2 Å². The van der Waals surface area contributed by atoms with Crippen LogP contribution in [0.1, 0.15) is 67.1 Å². The van der Waals surface area contributed by atoms with Crippen LogP contribution in [-0.4, -0.2) is 36.5 Å². The van der Waals surface area contributed by atoms with E-state index in [2.05, 4.69) is 24.4 Å². The third-order valence-corrected chi connectivity index (χ3v) is 6.93. The van der Waals surface area contributed by atoms with Crippen molar-refractivity contribution in [3.8, 4) is 11.5 Å². The minimum Gasteiger partial charge on any atom is -0.486 e. The van der Waals surface area contributed by atoms with Gasteiger partial charge in [0.15, 0.2) is 11.5 Å². The van der Waals surface area contributed by atoms with Gasteiger partial charge in [0, 0.05) is 30.1 Å². The molecular formula is C25H28N2O4. The van der Waals surface area contributed by atoms with E-state index in [4.69, 9.17) is 9.47 Å². The maximum Gasteiger partial charge on any atom is 0.254 e. The average molecular weight is 421 g/mol. The Bertz CT molecular complexity index is 1040. The van der Waals surface area contributed by atoms with Crippen LogP contribution in [-0.2, 0) is 10.2 Å². The van der Waals surface area contributed by atoms with Gasteiger partial charge in [-0.2, -0.15) is 0 Å². The van der Waals surface area contributed by atoms with Gasteiger partial charge in [0.2, 0.25) is 5.91 Å². The van der Waals surface area contributed by atoms with Crippen LogP contribution in [0.3, 0.4) is 0 Å². The Morgan fingerprint density at radius 1 is 1.06 bits per heavy atom. The number of nitrogens with one attached hydrogen (secondary N) is 1. The zero-order valence-corrected chi connectivity index (χ0v) is 18.1. The third kappa shape index (κ3) is 3.44. The second kappa shape index (κ2) is 7.59. The van der Waals surface area contributed by atoms with Gasteiger partial charge in [-0.15, -0.1) is 0 Å². The third-order valence-electron chi connectivity index (χ3n) is 6.93. The lowest BCUT2D eigenvalue weighted by Gasteiger charge is -2.46. The number of carbonyl (C=O) groups excluding carboxylic acids is 2. The quantitative estimate of drug-likeness (QED) is 0.780. The Morgan fingerprint density at radius 2 is 1.77 bits per heavy atom. The summed E-state index contributed by atoms with van der Waals surface area (Å²) in [6, 6.07) is 11.4. The fourth-order valence-electron chi connectivity index (χ4n) is 5.45. The number of rotatable bonds is 2. The van der Waals surface area contributed by atoms with Gasteiger partial charge >= 0.3 is 0 Å². The Balaban J connectivity index is 1.54. The molecule has 31 heavy (non-hydrogen) atoms. The summed E-state index contributed by atoms with van der Waals surface area (Å²) in [5.41, 5.74) is 3.66. The van der Waals surface area contributed by atoms with E-state index in [1.54, 1.807) is 12.1 Å². The molecule has 0 unspecified atom stereocenters. The van der Waals surface area contributed by atoms with Gasteiger partial charge in [0.05, 0.1) is 6.04 Å². The van der Waals surface area contributed by atoms with E-state index >= 15 is 0 Å². The summed E-state index contributed by atoms with van der Waals surface area (Å²) in [7, 11) is 0. The molecule has 2 aromatic rings. The van der Waals surface area contributed by atoms with Crippen molar-refractivity contribution < 1.29 is 19.1 Å². The molecule has 2 aliphatic heterocycles. The summed E-state index contributed by atoms with van der Waals surface area (Å²) in [5, 5.41) is 2.77. The van der Waals surface area contributed by atoms with Crippen molar-refractivity contribution in [3.05, 3.63) is 53.1 Å². The molecule has 6 heteroatoms. The summed E-state index contributed by atoms with van der Waals surface area (Å²) >= 11 is 0. The number of carbonyl (C=O) groups is 2. The number of nitrogens with zero attached hydrogens (tertiary/aromatic N) is 1. The highest BCUT2D eigenvalue weighted by molar-refractivity contribution is 5.97. The average Bonchev–Trinajstić information content (AvgIpc) is 3.24. The Hall–Kier alpha value is -3.02. The number of hydrogen-bond donors (Lipinski definition) is 1. The number of amides is 2. The van der Waals surface area contributed by atoms with Gasteiger partial charge in [-0.25, -0.2) is 0 Å². The summed E-state index contributed by atoms with van der Waals surface area (Å²) in [6.45, 7) is 5.37. The summed E-state index contributed by atoms with van der Waals surface area (Å²) in [6.07, 6.45) is 4.48. The van der Waals surface area contributed by atoms with Crippen molar-refractivity contribution in [1.29, 1.82) is 0 Å². The van der Waals surface area contributed by atoms with Crippen molar-refractivity contribution >= 4 is 17.5 Å². The topological polar surface area (TPSA) is 67.9 Å². The number of benzene rings is 2. The molecule has 5 rings (SSSR count). The minimum absolute atomic E-state index is 0.00786. The van der Waals surface area contributed by atoms with Crippen molar-refractivity contribution in [2.75, 3.05) is 25.1 Å². The van der Waals surface area contributed by atoms with E-state index in [-0.39, 0.29) is 23.3 Å². The van der Waals surface area contributed by atoms with E-state index in [1.165, 1.54) is 25.3 Å². The van der Waals surface area contributed by atoms with Crippen LogP contribution in [0, 0.1) is 0 Å². The molecule has 1 aliphatic carbocycles. The van der Waals surface area contributed by atoms with Crippen LogP contribution < -0.4 is 14.8 Å². The van der Waals surface area contributed by atoms with Crippen LogP contribution in [0.4, 0.5) is 5.69 Å². The Labute approximate surface area is 182 Å². The molecule has 0 bridgehead atoms. The van der Waals surface area contributed by atoms with Gasteiger partial charge in [-0.3, -0.25) is 9.59 Å². The highest BCUT2D eigenvalue weighted by Crippen LogP contribution is 2.52. The second-order valence-electron chi connectivity index (χ2n) is 8.94. The van der Waals surface area contributed by atoms with Gasteiger partial charge in [0.25, 0.3) is 5.91 Å². The lowest BCUT2D eigenvalue weighted by atomic mass is 9.71. The molecule has 6 nitrogen and oxygen atoms in total. The number of hydrogen-bond acceptors (Lipinski definition) is 4. The molecule has 0 aromatic heterocycles. The normalized spacial score (nSPS) is 21.0. The maximum absolute atomic E-state index is 13.6. The van der Waals surface area contributed by atoms with Crippen LogP contribution in [0.2, 0.25) is 0 Å². The summed E-state index contributed by atoms with van der Waals surface area (Å²) in [5.74, 6) is 1.44. The fourth-order valence-corrected chi connectivity index (χ4v) is 5.45. The number of fused-ring (bicyclic) bond motifs is 3. The molecule has 1 saturated carbocycles. The molecular weight excluding hydrogens is 392 g/mol.